The summed E-state index contributed by atoms with van der Waals surface area (Å²) in [5.41, 5.74) is 3.84. The number of hydrogen-bond acceptors (Lipinski definition) is 5. The lowest BCUT2D eigenvalue weighted by Gasteiger charge is -2.38. The highest BCUT2D eigenvalue weighted by molar-refractivity contribution is 6.04. The topological polar surface area (TPSA) is 68.0 Å². The Balaban J connectivity index is 1.61. The molecule has 2 heterocycles. The van der Waals surface area contributed by atoms with Crippen molar-refractivity contribution in [3.8, 4) is 0 Å². The molecular weight excluding hydrogens is 342 g/mol. The number of nitro groups is 1. The average Bonchev–Trinajstić information content (AvgIpc) is 3.39. The van der Waals surface area contributed by atoms with E-state index in [-0.39, 0.29) is 22.4 Å². The average molecular weight is 363 g/mol. The van der Waals surface area contributed by atoms with Gasteiger partial charge >= 0.3 is 0 Å². The number of hydrogen-bond donors (Lipinski definition) is 0. The summed E-state index contributed by atoms with van der Waals surface area (Å²) in [4.78, 5) is 19.3. The van der Waals surface area contributed by atoms with Crippen molar-refractivity contribution in [3.63, 3.8) is 0 Å². The molecule has 0 spiro atoms. The molecule has 0 N–H and O–H groups in total. The summed E-state index contributed by atoms with van der Waals surface area (Å²) in [6.07, 6.45) is 2.34. The van der Waals surface area contributed by atoms with Gasteiger partial charge < -0.3 is 4.84 Å². The number of oxime groups is 1. The summed E-state index contributed by atoms with van der Waals surface area (Å²) < 4.78 is 0. The van der Waals surface area contributed by atoms with Gasteiger partial charge in [-0.25, -0.2) is 0 Å². The molecule has 5 rings (SSSR count). The fraction of sp³-hybridized carbons (Fsp3) is 0.381. The van der Waals surface area contributed by atoms with E-state index in [4.69, 9.17) is 4.84 Å². The van der Waals surface area contributed by atoms with Gasteiger partial charge in [-0.05, 0) is 36.5 Å². The van der Waals surface area contributed by atoms with E-state index in [1.807, 2.05) is 0 Å². The van der Waals surface area contributed by atoms with Gasteiger partial charge in [-0.15, -0.1) is 0 Å². The van der Waals surface area contributed by atoms with Crippen molar-refractivity contribution in [2.45, 2.75) is 31.4 Å². The zero-order chi connectivity index (χ0) is 18.6. The van der Waals surface area contributed by atoms with Crippen LogP contribution in [0.15, 0.2) is 53.7 Å². The lowest BCUT2D eigenvalue weighted by molar-refractivity contribution is -0.384. The highest BCUT2D eigenvalue weighted by Crippen LogP contribution is 2.57. The van der Waals surface area contributed by atoms with Gasteiger partial charge in [0.2, 0.25) is 5.72 Å². The highest BCUT2D eigenvalue weighted by atomic mass is 16.7. The molecule has 3 aliphatic rings. The molecule has 1 fully saturated rings. The third-order valence-electron chi connectivity index (χ3n) is 6.29. The summed E-state index contributed by atoms with van der Waals surface area (Å²) >= 11 is 0. The smallest absolute Gasteiger partial charge is 0.269 e. The summed E-state index contributed by atoms with van der Waals surface area (Å²) in [6, 6.07) is 15.2. The molecule has 3 atom stereocenters. The summed E-state index contributed by atoms with van der Waals surface area (Å²) in [5.74, 6) is 0.340. The van der Waals surface area contributed by atoms with Gasteiger partial charge in [0.05, 0.1) is 16.6 Å². The largest absolute Gasteiger partial charge is 0.367 e. The number of nitro benzene ring substituents is 1. The number of nitrogens with zero attached hydrogens (tertiary/aromatic N) is 3. The first-order chi connectivity index (χ1) is 13.1. The molecular formula is C21H21N3O3. The first-order valence-corrected chi connectivity index (χ1v) is 9.48. The van der Waals surface area contributed by atoms with Crippen molar-refractivity contribution in [1.82, 2.24) is 4.90 Å². The molecule has 0 bridgehead atoms. The van der Waals surface area contributed by atoms with Crippen LogP contribution in [0.3, 0.4) is 0 Å². The lowest BCUT2D eigenvalue weighted by Crippen LogP contribution is -2.49. The number of fused-ring (bicyclic) bond motifs is 3. The Morgan fingerprint density at radius 1 is 1.15 bits per heavy atom. The summed E-state index contributed by atoms with van der Waals surface area (Å²) in [5, 5.41) is 15.5. The van der Waals surface area contributed by atoms with Crippen molar-refractivity contribution in [2.75, 3.05) is 13.1 Å². The maximum absolute atomic E-state index is 11.0. The normalized spacial score (nSPS) is 29.1. The van der Waals surface area contributed by atoms with Crippen LogP contribution < -0.4 is 0 Å². The molecule has 2 aromatic carbocycles. The molecule has 1 aliphatic carbocycles. The Hall–Kier alpha value is -2.73. The molecule has 2 aliphatic heterocycles. The molecule has 1 saturated heterocycles. The van der Waals surface area contributed by atoms with E-state index in [0.717, 1.165) is 24.4 Å². The Morgan fingerprint density at radius 2 is 1.85 bits per heavy atom. The Morgan fingerprint density at radius 3 is 2.56 bits per heavy atom. The van der Waals surface area contributed by atoms with Crippen molar-refractivity contribution < 1.29 is 9.76 Å². The Bertz CT molecular complexity index is 934. The van der Waals surface area contributed by atoms with Crippen molar-refractivity contribution in [3.05, 3.63) is 75.3 Å². The minimum atomic E-state index is -0.552. The fourth-order valence-electron chi connectivity index (χ4n) is 5.07. The summed E-state index contributed by atoms with van der Waals surface area (Å²) in [7, 11) is 0. The van der Waals surface area contributed by atoms with Crippen LogP contribution in [0.25, 0.3) is 0 Å². The van der Waals surface area contributed by atoms with Crippen LogP contribution in [-0.4, -0.2) is 28.6 Å². The monoisotopic (exact) mass is 363 g/mol. The maximum atomic E-state index is 11.0. The maximum Gasteiger partial charge on any atom is 0.269 e. The molecule has 0 aromatic heterocycles. The van der Waals surface area contributed by atoms with E-state index >= 15 is 0 Å². The van der Waals surface area contributed by atoms with Gasteiger partial charge in [-0.3, -0.25) is 15.0 Å². The number of rotatable bonds is 3. The first kappa shape index (κ1) is 16.4. The molecule has 27 heavy (non-hydrogen) atoms. The van der Waals surface area contributed by atoms with E-state index in [1.165, 1.54) is 24.0 Å². The summed E-state index contributed by atoms with van der Waals surface area (Å²) in [6.45, 7) is 4.23. The second kappa shape index (κ2) is 5.89. The van der Waals surface area contributed by atoms with Crippen molar-refractivity contribution >= 4 is 11.4 Å². The zero-order valence-electron chi connectivity index (χ0n) is 15.2. The molecule has 0 unspecified atom stereocenters. The molecule has 6 heteroatoms. The van der Waals surface area contributed by atoms with Crippen molar-refractivity contribution in [2.24, 2.45) is 11.1 Å². The highest BCUT2D eigenvalue weighted by Gasteiger charge is 2.62. The number of non-ortho nitro benzene ring substituents is 1. The van der Waals surface area contributed by atoms with Gasteiger partial charge in [0.1, 0.15) is 0 Å². The van der Waals surface area contributed by atoms with E-state index in [2.05, 4.69) is 41.2 Å². The number of likely N-dealkylation sites (tertiary alicyclic amines) is 1. The molecule has 138 valence electrons. The van der Waals surface area contributed by atoms with Crippen LogP contribution in [-0.2, 0) is 10.6 Å². The molecule has 2 aromatic rings. The minimum Gasteiger partial charge on any atom is -0.367 e. The first-order valence-electron chi connectivity index (χ1n) is 9.48. The quantitative estimate of drug-likeness (QED) is 0.610. The second-order valence-corrected chi connectivity index (χ2v) is 7.62. The fourth-order valence-corrected chi connectivity index (χ4v) is 5.07. The standard InChI is InChI=1S/C21H21N3O3/c1-14-17-6-2-3-7-18(17)21(23-12-4-5-13-23)19(14)20(22-27-21)15-8-10-16(11-9-15)24(25)26/h2-3,6-11,14,19H,4-5,12-13H2,1H3/t14-,19-,21-/m0/s1. The van der Waals surface area contributed by atoms with E-state index in [1.54, 1.807) is 24.3 Å². The van der Waals surface area contributed by atoms with E-state index in [9.17, 15) is 10.1 Å². The molecule has 0 radical (unpaired) electrons. The second-order valence-electron chi connectivity index (χ2n) is 7.62. The van der Waals surface area contributed by atoms with Crippen molar-refractivity contribution in [1.29, 1.82) is 0 Å². The Labute approximate surface area is 157 Å². The third-order valence-corrected chi connectivity index (χ3v) is 6.29. The van der Waals surface area contributed by atoms with E-state index in [0.29, 0.717) is 0 Å². The molecule has 0 amide bonds. The van der Waals surface area contributed by atoms with Crippen LogP contribution in [0.5, 0.6) is 0 Å². The van der Waals surface area contributed by atoms with Crippen LogP contribution in [0, 0.1) is 16.0 Å². The number of benzene rings is 2. The minimum absolute atomic E-state index is 0.0782. The van der Waals surface area contributed by atoms with E-state index < -0.39 is 5.72 Å². The van der Waals surface area contributed by atoms with Gasteiger partial charge in [-0.1, -0.05) is 36.3 Å². The lowest BCUT2D eigenvalue weighted by atomic mass is 9.82. The van der Waals surface area contributed by atoms with Gasteiger partial charge in [-0.2, -0.15) is 0 Å². The zero-order valence-corrected chi connectivity index (χ0v) is 15.2. The van der Waals surface area contributed by atoms with Gasteiger partial charge in [0.25, 0.3) is 5.69 Å². The van der Waals surface area contributed by atoms with Crippen LogP contribution >= 0.6 is 0 Å². The van der Waals surface area contributed by atoms with Crippen LogP contribution in [0.2, 0.25) is 0 Å². The predicted octanol–water partition coefficient (Wildman–Crippen LogP) is 4.01. The molecule has 0 saturated carbocycles. The van der Waals surface area contributed by atoms with Crippen LogP contribution in [0.1, 0.15) is 42.4 Å². The SMILES string of the molecule is C[C@H]1c2ccccc2[C@]2(N3CCCC3)ON=C(c3ccc([N+](=O)[O-])cc3)[C@H]12. The predicted molar refractivity (Wildman–Crippen MR) is 102 cm³/mol. The Kier molecular flexibility index (Phi) is 3.59. The molecule has 6 nitrogen and oxygen atoms in total. The van der Waals surface area contributed by atoms with Gasteiger partial charge in [0.15, 0.2) is 0 Å². The third kappa shape index (κ3) is 2.19. The van der Waals surface area contributed by atoms with Crippen LogP contribution in [0.4, 0.5) is 5.69 Å². The van der Waals surface area contributed by atoms with Gasteiger partial charge in [0, 0.05) is 36.3 Å².